The third-order valence-electron chi connectivity index (χ3n) is 5.11. The first-order valence-corrected chi connectivity index (χ1v) is 9.68. The molecule has 0 saturated heterocycles. The van der Waals surface area contributed by atoms with E-state index in [0.717, 1.165) is 46.5 Å². The molecule has 0 saturated carbocycles. The first-order chi connectivity index (χ1) is 12.9. The topological polar surface area (TPSA) is 61.9 Å². The smallest absolute Gasteiger partial charge is 0.255 e. The van der Waals surface area contributed by atoms with Crippen molar-refractivity contribution >= 4 is 22.5 Å². The van der Waals surface area contributed by atoms with Crippen LogP contribution in [0.1, 0.15) is 48.0 Å². The molecule has 1 aromatic carbocycles. The molecule has 0 atom stereocenters. The zero-order valence-electron chi connectivity index (χ0n) is 15.8. The van der Waals surface area contributed by atoms with E-state index in [-0.39, 0.29) is 11.5 Å². The van der Waals surface area contributed by atoms with Gasteiger partial charge in [-0.05, 0) is 24.6 Å². The Morgan fingerprint density at radius 3 is 2.85 bits per heavy atom. The molecule has 0 amide bonds. The molecule has 0 spiro atoms. The monoisotopic (exact) mass is 382 g/mol. The fourth-order valence-electron chi connectivity index (χ4n) is 3.56. The molecule has 1 aliphatic heterocycles. The average Bonchev–Trinajstić information content (AvgIpc) is 2.62. The van der Waals surface area contributed by atoms with Crippen LogP contribution in [-0.4, -0.2) is 26.4 Å². The largest absolute Gasteiger partial charge is 0.310 e. The minimum Gasteiger partial charge on any atom is -0.310 e. The van der Waals surface area contributed by atoms with Gasteiger partial charge in [0.05, 0.1) is 16.8 Å². The summed E-state index contributed by atoms with van der Waals surface area (Å²) in [6, 6.07) is 8.30. The molecule has 0 unspecified atom stereocenters. The second-order valence-corrected chi connectivity index (χ2v) is 7.98. The summed E-state index contributed by atoms with van der Waals surface area (Å²) < 4.78 is 0. The SMILES string of the molecule is Cc1ccc2cc(CN3CCc4nc(C(C)C)[nH]c(=O)c4C3)c(Cl)nc2c1. The number of halogens is 1. The molecule has 4 rings (SSSR count). The number of hydrogen-bond donors (Lipinski definition) is 1. The third-order valence-corrected chi connectivity index (χ3v) is 5.43. The van der Waals surface area contributed by atoms with Crippen molar-refractivity contribution in [1.82, 2.24) is 19.9 Å². The molecular formula is C21H23ClN4O. The number of aryl methyl sites for hydroxylation is 1. The summed E-state index contributed by atoms with van der Waals surface area (Å²) in [5.41, 5.74) is 4.74. The lowest BCUT2D eigenvalue weighted by atomic mass is 10.0. The van der Waals surface area contributed by atoms with Crippen molar-refractivity contribution in [3.8, 4) is 0 Å². The molecule has 27 heavy (non-hydrogen) atoms. The molecule has 3 aromatic rings. The van der Waals surface area contributed by atoms with Gasteiger partial charge in [-0.2, -0.15) is 0 Å². The van der Waals surface area contributed by atoms with Gasteiger partial charge >= 0.3 is 0 Å². The van der Waals surface area contributed by atoms with Gasteiger partial charge < -0.3 is 4.98 Å². The van der Waals surface area contributed by atoms with Crippen molar-refractivity contribution in [2.75, 3.05) is 6.54 Å². The van der Waals surface area contributed by atoms with Crippen molar-refractivity contribution in [3.05, 3.63) is 68.0 Å². The van der Waals surface area contributed by atoms with Gasteiger partial charge in [0.15, 0.2) is 0 Å². The third kappa shape index (κ3) is 3.62. The average molecular weight is 383 g/mol. The Morgan fingerprint density at radius 1 is 1.26 bits per heavy atom. The van der Waals surface area contributed by atoms with Gasteiger partial charge in [0.2, 0.25) is 0 Å². The molecule has 6 heteroatoms. The summed E-state index contributed by atoms with van der Waals surface area (Å²) in [4.78, 5) is 26.9. The van der Waals surface area contributed by atoms with Crippen LogP contribution in [0.5, 0.6) is 0 Å². The second-order valence-electron chi connectivity index (χ2n) is 7.63. The summed E-state index contributed by atoms with van der Waals surface area (Å²) in [5.74, 6) is 0.983. The molecule has 1 N–H and O–H groups in total. The molecular weight excluding hydrogens is 360 g/mol. The zero-order valence-corrected chi connectivity index (χ0v) is 16.6. The van der Waals surface area contributed by atoms with Crippen LogP contribution in [-0.2, 0) is 19.5 Å². The van der Waals surface area contributed by atoms with E-state index in [1.807, 2.05) is 26.8 Å². The van der Waals surface area contributed by atoms with Crippen LogP contribution in [0, 0.1) is 6.92 Å². The highest BCUT2D eigenvalue weighted by atomic mass is 35.5. The highest BCUT2D eigenvalue weighted by molar-refractivity contribution is 6.30. The maximum Gasteiger partial charge on any atom is 0.255 e. The number of pyridine rings is 1. The molecule has 2 aromatic heterocycles. The maximum absolute atomic E-state index is 12.5. The molecule has 0 bridgehead atoms. The Balaban J connectivity index is 1.60. The van der Waals surface area contributed by atoms with Gasteiger partial charge in [0, 0.05) is 42.9 Å². The van der Waals surface area contributed by atoms with E-state index < -0.39 is 0 Å². The van der Waals surface area contributed by atoms with Crippen LogP contribution >= 0.6 is 11.6 Å². The molecule has 1 aliphatic rings. The molecule has 0 aliphatic carbocycles. The Kier molecular flexibility index (Phi) is 4.74. The number of nitrogens with zero attached hydrogens (tertiary/aromatic N) is 3. The summed E-state index contributed by atoms with van der Waals surface area (Å²) >= 11 is 6.44. The number of rotatable bonds is 3. The Morgan fingerprint density at radius 2 is 2.07 bits per heavy atom. The molecule has 3 heterocycles. The Bertz CT molecular complexity index is 1070. The van der Waals surface area contributed by atoms with Crippen LogP contribution in [0.4, 0.5) is 0 Å². The van der Waals surface area contributed by atoms with Gasteiger partial charge in [0.25, 0.3) is 5.56 Å². The van der Waals surface area contributed by atoms with Crippen molar-refractivity contribution < 1.29 is 0 Å². The van der Waals surface area contributed by atoms with E-state index in [2.05, 4.69) is 38.1 Å². The predicted molar refractivity (Wildman–Crippen MR) is 108 cm³/mol. The van der Waals surface area contributed by atoms with E-state index in [1.165, 1.54) is 5.56 Å². The van der Waals surface area contributed by atoms with Crippen LogP contribution in [0.25, 0.3) is 10.9 Å². The molecule has 0 radical (unpaired) electrons. The number of H-pyrrole nitrogens is 1. The number of nitrogens with one attached hydrogen (secondary N) is 1. The molecule has 140 valence electrons. The van der Waals surface area contributed by atoms with Crippen molar-refractivity contribution in [1.29, 1.82) is 0 Å². The van der Waals surface area contributed by atoms with Crippen LogP contribution in [0.15, 0.2) is 29.1 Å². The van der Waals surface area contributed by atoms with E-state index in [9.17, 15) is 4.79 Å². The number of fused-ring (bicyclic) bond motifs is 2. The fourth-order valence-corrected chi connectivity index (χ4v) is 3.76. The lowest BCUT2D eigenvalue weighted by Crippen LogP contribution is -2.36. The summed E-state index contributed by atoms with van der Waals surface area (Å²) in [6.07, 6.45) is 0.775. The summed E-state index contributed by atoms with van der Waals surface area (Å²) in [6.45, 7) is 8.22. The minimum atomic E-state index is -0.0217. The summed E-state index contributed by atoms with van der Waals surface area (Å²) in [5, 5.41) is 1.61. The van der Waals surface area contributed by atoms with Crippen molar-refractivity contribution in [2.45, 2.75) is 46.2 Å². The quantitative estimate of drug-likeness (QED) is 0.696. The van der Waals surface area contributed by atoms with Crippen LogP contribution in [0.2, 0.25) is 5.15 Å². The normalized spacial score (nSPS) is 14.7. The Labute approximate surface area is 163 Å². The van der Waals surface area contributed by atoms with Gasteiger partial charge in [-0.1, -0.05) is 37.6 Å². The van der Waals surface area contributed by atoms with Crippen molar-refractivity contribution in [3.63, 3.8) is 0 Å². The Hall–Kier alpha value is -2.24. The van der Waals surface area contributed by atoms with E-state index in [0.29, 0.717) is 18.2 Å². The van der Waals surface area contributed by atoms with Gasteiger partial charge in [-0.3, -0.25) is 9.69 Å². The zero-order chi connectivity index (χ0) is 19.1. The maximum atomic E-state index is 12.5. The van der Waals surface area contributed by atoms with Gasteiger partial charge in [-0.15, -0.1) is 0 Å². The first-order valence-electron chi connectivity index (χ1n) is 9.31. The van der Waals surface area contributed by atoms with E-state index in [4.69, 9.17) is 11.6 Å². The number of hydrogen-bond acceptors (Lipinski definition) is 4. The molecule has 0 fully saturated rings. The highest BCUT2D eigenvalue weighted by Gasteiger charge is 2.22. The van der Waals surface area contributed by atoms with Gasteiger partial charge in [-0.25, -0.2) is 9.97 Å². The lowest BCUT2D eigenvalue weighted by Gasteiger charge is -2.28. The minimum absolute atomic E-state index is 0.0217. The summed E-state index contributed by atoms with van der Waals surface area (Å²) in [7, 11) is 0. The molecule has 5 nitrogen and oxygen atoms in total. The van der Waals surface area contributed by atoms with Gasteiger partial charge in [0.1, 0.15) is 11.0 Å². The lowest BCUT2D eigenvalue weighted by molar-refractivity contribution is 0.241. The van der Waals surface area contributed by atoms with Crippen LogP contribution < -0.4 is 5.56 Å². The van der Waals surface area contributed by atoms with E-state index in [1.54, 1.807) is 0 Å². The second kappa shape index (κ2) is 7.06. The number of aromatic amines is 1. The number of benzene rings is 1. The van der Waals surface area contributed by atoms with Crippen molar-refractivity contribution in [2.24, 2.45) is 0 Å². The van der Waals surface area contributed by atoms with E-state index >= 15 is 0 Å². The standard InChI is InChI=1S/C21H23ClN4O/c1-12(2)20-24-17-6-7-26(11-16(17)21(27)25-20)10-15-9-14-5-4-13(3)8-18(14)23-19(15)22/h4-5,8-9,12H,6-7,10-11H2,1-3H3,(H,24,25,27). The first kappa shape index (κ1) is 18.1. The fraction of sp³-hybridized carbons (Fsp3) is 0.381. The number of aromatic nitrogens is 3. The van der Waals surface area contributed by atoms with Crippen LogP contribution in [0.3, 0.4) is 0 Å². The predicted octanol–water partition coefficient (Wildman–Crippen LogP) is 3.96. The highest BCUT2D eigenvalue weighted by Crippen LogP contribution is 2.25.